The van der Waals surface area contributed by atoms with Crippen LogP contribution >= 0.6 is 0 Å². The summed E-state index contributed by atoms with van der Waals surface area (Å²) in [5.41, 5.74) is 13.2. The average Bonchev–Trinajstić information content (AvgIpc) is 2.83. The van der Waals surface area contributed by atoms with Crippen LogP contribution < -0.4 is 20.9 Å². The second-order valence-corrected chi connectivity index (χ2v) is 7.62. The normalized spacial score (nSPS) is 18.8. The first-order valence-corrected chi connectivity index (χ1v) is 10.2. The Morgan fingerprint density at radius 1 is 0.594 bits per heavy atom. The van der Waals surface area contributed by atoms with E-state index in [2.05, 4.69) is 0 Å². The second kappa shape index (κ2) is 7.74. The minimum atomic E-state index is -0.618. The zero-order valence-electron chi connectivity index (χ0n) is 17.0. The molecule has 0 spiro atoms. The molecule has 32 heavy (non-hydrogen) atoms. The number of ether oxygens (including phenoxy) is 2. The predicted molar refractivity (Wildman–Crippen MR) is 122 cm³/mol. The molecule has 3 aromatic rings. The number of ketones is 2. The van der Waals surface area contributed by atoms with Gasteiger partial charge in [0.2, 0.25) is 0 Å². The molecule has 0 aromatic heterocycles. The number of allylic oxidation sites excluding steroid dienone is 4. The Kier molecular flexibility index (Phi) is 4.75. The van der Waals surface area contributed by atoms with E-state index in [0.29, 0.717) is 11.5 Å². The van der Waals surface area contributed by atoms with Gasteiger partial charge in [0.25, 0.3) is 0 Å². The van der Waals surface area contributed by atoms with Gasteiger partial charge in [0.05, 0.1) is 34.3 Å². The van der Waals surface area contributed by atoms with Crippen molar-refractivity contribution in [2.75, 3.05) is 11.5 Å². The van der Waals surface area contributed by atoms with Crippen molar-refractivity contribution in [1.82, 2.24) is 0 Å². The van der Waals surface area contributed by atoms with Gasteiger partial charge in [0.15, 0.2) is 23.1 Å². The lowest BCUT2D eigenvalue weighted by Gasteiger charge is -2.31. The highest BCUT2D eigenvalue weighted by Gasteiger charge is 2.44. The maximum absolute atomic E-state index is 13.4. The Balaban J connectivity index is 1.74. The molecule has 0 saturated carbocycles. The van der Waals surface area contributed by atoms with Crippen LogP contribution in [-0.2, 0) is 0 Å². The fraction of sp³-hybridized carbons (Fsp3) is 0.0769. The van der Waals surface area contributed by atoms with Gasteiger partial charge in [0.1, 0.15) is 11.5 Å². The molecule has 2 aliphatic carbocycles. The van der Waals surface area contributed by atoms with Gasteiger partial charge in [-0.1, -0.05) is 60.7 Å². The number of rotatable bonds is 4. The Labute approximate surface area is 184 Å². The molecule has 0 heterocycles. The first-order valence-electron chi connectivity index (χ1n) is 10.2. The summed E-state index contributed by atoms with van der Waals surface area (Å²) in [5, 5.41) is 0. The van der Waals surface area contributed by atoms with Gasteiger partial charge < -0.3 is 20.9 Å². The molecular formula is C26H20N2O4. The molecule has 2 atom stereocenters. The molecule has 0 radical (unpaired) electrons. The lowest BCUT2D eigenvalue weighted by atomic mass is 9.71. The number of benzene rings is 3. The van der Waals surface area contributed by atoms with Gasteiger partial charge in [0, 0.05) is 0 Å². The lowest BCUT2D eigenvalue weighted by Crippen LogP contribution is -2.36. The highest BCUT2D eigenvalue weighted by Crippen LogP contribution is 2.51. The van der Waals surface area contributed by atoms with Crippen LogP contribution in [0.3, 0.4) is 0 Å². The highest BCUT2D eigenvalue weighted by atomic mass is 16.5. The first kappa shape index (κ1) is 19.6. The van der Waals surface area contributed by atoms with Gasteiger partial charge in [-0.15, -0.1) is 0 Å². The number of carbonyl (C=O) groups is 2. The molecule has 0 saturated heterocycles. The molecule has 0 fully saturated rings. The largest absolute Gasteiger partial charge is 0.451 e. The minimum Gasteiger partial charge on any atom is -0.451 e. The van der Waals surface area contributed by atoms with Crippen molar-refractivity contribution in [3.8, 4) is 23.0 Å². The van der Waals surface area contributed by atoms with Crippen molar-refractivity contribution in [3.05, 3.63) is 96.1 Å². The van der Waals surface area contributed by atoms with Crippen LogP contribution in [0.1, 0.15) is 20.7 Å². The molecule has 3 aromatic carbocycles. The topological polar surface area (TPSA) is 105 Å². The van der Waals surface area contributed by atoms with Crippen molar-refractivity contribution in [2.24, 2.45) is 11.8 Å². The van der Waals surface area contributed by atoms with Crippen LogP contribution in [0.5, 0.6) is 23.0 Å². The van der Waals surface area contributed by atoms with E-state index in [1.165, 1.54) is 0 Å². The molecule has 0 amide bonds. The zero-order valence-corrected chi connectivity index (χ0v) is 17.0. The summed E-state index contributed by atoms with van der Waals surface area (Å²) in [5.74, 6) is -0.581. The van der Waals surface area contributed by atoms with Crippen molar-refractivity contribution >= 4 is 22.9 Å². The zero-order chi connectivity index (χ0) is 22.2. The van der Waals surface area contributed by atoms with E-state index < -0.39 is 11.8 Å². The Hall–Kier alpha value is -4.32. The highest BCUT2D eigenvalue weighted by molar-refractivity contribution is 6.23. The smallest absolute Gasteiger partial charge is 0.195 e. The number of para-hydroxylation sites is 2. The molecule has 0 aliphatic heterocycles. The fourth-order valence-electron chi connectivity index (χ4n) is 4.11. The van der Waals surface area contributed by atoms with Gasteiger partial charge in [-0.25, -0.2) is 0 Å². The monoisotopic (exact) mass is 424 g/mol. The number of carbonyl (C=O) groups excluding carboxylic acids is 2. The van der Waals surface area contributed by atoms with Crippen LogP contribution in [0.15, 0.2) is 85.0 Å². The number of nitrogen functional groups attached to an aromatic ring is 2. The van der Waals surface area contributed by atoms with E-state index >= 15 is 0 Å². The van der Waals surface area contributed by atoms with Gasteiger partial charge in [-0.05, 0) is 24.3 Å². The third-order valence-corrected chi connectivity index (χ3v) is 5.64. The maximum Gasteiger partial charge on any atom is 0.195 e. The van der Waals surface area contributed by atoms with E-state index in [1.807, 2.05) is 36.4 Å². The molecule has 158 valence electrons. The predicted octanol–water partition coefficient (Wildman–Crippen LogP) is 5.17. The summed E-state index contributed by atoms with van der Waals surface area (Å²) in [7, 11) is 0. The molecule has 4 N–H and O–H groups in total. The summed E-state index contributed by atoms with van der Waals surface area (Å²) in [6.07, 6.45) is 6.95. The van der Waals surface area contributed by atoms with Crippen LogP contribution in [0, 0.1) is 11.8 Å². The molecule has 0 bridgehead atoms. The average molecular weight is 424 g/mol. The number of Topliss-reactive ketones (excluding diaryl/α,β-unsaturated/α-hetero) is 2. The summed E-state index contributed by atoms with van der Waals surface area (Å²) < 4.78 is 12.1. The lowest BCUT2D eigenvalue weighted by molar-refractivity contribution is 0.0802. The van der Waals surface area contributed by atoms with E-state index in [4.69, 9.17) is 20.9 Å². The molecule has 2 unspecified atom stereocenters. The van der Waals surface area contributed by atoms with Crippen LogP contribution in [-0.4, -0.2) is 11.6 Å². The second-order valence-electron chi connectivity index (χ2n) is 7.62. The number of nitrogens with two attached hydrogens (primary N) is 2. The standard InChI is InChI=1S/C26H20N2O4/c27-21-19-20(24(30)18-14-8-7-13-17(18)23(19)29)22(28)26(32-16-11-5-2-6-12-16)25(21)31-15-9-3-1-4-10-15/h1-14,17-18H,27-28H2. The fourth-order valence-corrected chi connectivity index (χ4v) is 4.11. The SMILES string of the molecule is Nc1c(Oc2ccccc2)c(Oc2ccccc2)c(N)c2c1C(=O)C1C=CC=CC1C2=O. The molecule has 2 aliphatic rings. The molecular weight excluding hydrogens is 404 g/mol. The van der Waals surface area contributed by atoms with Gasteiger partial charge >= 0.3 is 0 Å². The molecule has 6 heteroatoms. The van der Waals surface area contributed by atoms with Gasteiger partial charge in [-0.3, -0.25) is 9.59 Å². The quantitative estimate of drug-likeness (QED) is 0.560. The Bertz CT molecular complexity index is 1180. The number of hydrogen-bond donors (Lipinski definition) is 2. The summed E-state index contributed by atoms with van der Waals surface area (Å²) in [4.78, 5) is 26.7. The number of fused-ring (bicyclic) bond motifs is 2. The van der Waals surface area contributed by atoms with E-state index in [0.717, 1.165) is 0 Å². The number of hydrogen-bond acceptors (Lipinski definition) is 6. The third-order valence-electron chi connectivity index (χ3n) is 5.64. The van der Waals surface area contributed by atoms with Crippen molar-refractivity contribution in [3.63, 3.8) is 0 Å². The van der Waals surface area contributed by atoms with Crippen LogP contribution in [0.4, 0.5) is 11.4 Å². The minimum absolute atomic E-state index is 0.0312. The van der Waals surface area contributed by atoms with E-state index in [1.54, 1.807) is 48.6 Å². The van der Waals surface area contributed by atoms with Crippen molar-refractivity contribution in [1.29, 1.82) is 0 Å². The summed E-state index contributed by atoms with van der Waals surface area (Å²) >= 11 is 0. The Morgan fingerprint density at radius 3 is 1.34 bits per heavy atom. The van der Waals surface area contributed by atoms with E-state index in [9.17, 15) is 9.59 Å². The van der Waals surface area contributed by atoms with Crippen molar-refractivity contribution < 1.29 is 19.1 Å². The first-order chi connectivity index (χ1) is 15.6. The third kappa shape index (κ3) is 3.13. The number of anilines is 2. The molecule has 6 nitrogen and oxygen atoms in total. The molecule has 5 rings (SSSR count). The van der Waals surface area contributed by atoms with Crippen molar-refractivity contribution in [2.45, 2.75) is 0 Å². The van der Waals surface area contributed by atoms with E-state index in [-0.39, 0.29) is 45.6 Å². The van der Waals surface area contributed by atoms with Gasteiger partial charge in [-0.2, -0.15) is 0 Å². The maximum atomic E-state index is 13.4. The Morgan fingerprint density at radius 2 is 0.969 bits per heavy atom. The summed E-state index contributed by atoms with van der Waals surface area (Å²) in [6.45, 7) is 0. The summed E-state index contributed by atoms with van der Waals surface area (Å²) in [6, 6.07) is 17.9. The van der Waals surface area contributed by atoms with Crippen LogP contribution in [0.2, 0.25) is 0 Å². The van der Waals surface area contributed by atoms with Crippen LogP contribution in [0.25, 0.3) is 0 Å².